The van der Waals surface area contributed by atoms with E-state index in [1.807, 2.05) is 30.3 Å². The molecule has 0 amide bonds. The zero-order valence-electron chi connectivity index (χ0n) is 8.57. The smallest absolute Gasteiger partial charge is 0.336 e. The monoisotopic (exact) mass is 208 g/mol. The molecule has 0 fully saturated rings. The maximum Gasteiger partial charge on any atom is 0.336 e. The number of rotatable bonds is 4. The molecule has 1 rings (SSSR count). The van der Waals surface area contributed by atoms with Crippen LogP contribution in [0.5, 0.6) is 0 Å². The van der Waals surface area contributed by atoms with Gasteiger partial charge in [-0.3, -0.25) is 0 Å². The van der Waals surface area contributed by atoms with Gasteiger partial charge < -0.3 is 4.74 Å². The number of ether oxygens (including phenoxy) is 1. The number of carbonyl (C=O) groups excluding carboxylic acids is 1. The van der Waals surface area contributed by atoms with Crippen molar-refractivity contribution in [3.05, 3.63) is 47.8 Å². The minimum absolute atomic E-state index is 0.0445. The highest BCUT2D eigenvalue weighted by atomic mass is 19.1. The summed E-state index contributed by atoms with van der Waals surface area (Å²) in [6.45, 7) is 1.95. The summed E-state index contributed by atoms with van der Waals surface area (Å²) in [6, 6.07) is 9.23. The first kappa shape index (κ1) is 11.4. The van der Waals surface area contributed by atoms with E-state index >= 15 is 0 Å². The molecule has 0 aromatic heterocycles. The Labute approximate surface area is 88.4 Å². The van der Waals surface area contributed by atoms with Gasteiger partial charge >= 0.3 is 5.97 Å². The van der Waals surface area contributed by atoms with Crippen molar-refractivity contribution in [1.29, 1.82) is 0 Å². The lowest BCUT2D eigenvalue weighted by molar-refractivity contribution is -0.138. The van der Waals surface area contributed by atoms with Crippen LogP contribution < -0.4 is 0 Å². The van der Waals surface area contributed by atoms with Gasteiger partial charge in [0.25, 0.3) is 0 Å². The summed E-state index contributed by atoms with van der Waals surface area (Å²) >= 11 is 0. The molecule has 0 radical (unpaired) electrons. The Balaban J connectivity index is 2.67. The van der Waals surface area contributed by atoms with Crippen molar-refractivity contribution in [2.45, 2.75) is 13.3 Å². The number of benzene rings is 1. The summed E-state index contributed by atoms with van der Waals surface area (Å²) in [5, 5.41) is 0. The van der Waals surface area contributed by atoms with Gasteiger partial charge in [-0.15, -0.1) is 0 Å². The van der Waals surface area contributed by atoms with Crippen molar-refractivity contribution in [1.82, 2.24) is 0 Å². The van der Waals surface area contributed by atoms with Gasteiger partial charge in [-0.05, 0) is 12.5 Å². The molecule has 15 heavy (non-hydrogen) atoms. The fraction of sp³-hybridized carbons (Fsp3) is 0.250. The van der Waals surface area contributed by atoms with Crippen LogP contribution in [0.1, 0.15) is 12.5 Å². The molecule has 3 heteroatoms. The van der Waals surface area contributed by atoms with Gasteiger partial charge in [-0.25, -0.2) is 9.18 Å². The summed E-state index contributed by atoms with van der Waals surface area (Å²) in [7, 11) is 0. The molecule has 0 saturated carbocycles. The van der Waals surface area contributed by atoms with E-state index < -0.39 is 5.97 Å². The number of carbonyl (C=O) groups is 1. The Morgan fingerprint density at radius 3 is 2.60 bits per heavy atom. The topological polar surface area (TPSA) is 26.3 Å². The highest BCUT2D eigenvalue weighted by molar-refractivity contribution is 5.88. The van der Waals surface area contributed by atoms with Crippen LogP contribution in [0.2, 0.25) is 0 Å². The molecule has 0 aliphatic carbocycles. The molecular weight excluding hydrogens is 195 g/mol. The summed E-state index contributed by atoms with van der Waals surface area (Å²) in [4.78, 5) is 11.2. The summed E-state index contributed by atoms with van der Waals surface area (Å²) in [6.07, 6.45) is 0.571. The molecule has 0 saturated heterocycles. The molecule has 80 valence electrons. The van der Waals surface area contributed by atoms with E-state index in [1.54, 1.807) is 6.92 Å². The molecule has 2 nitrogen and oxygen atoms in total. The molecule has 0 heterocycles. The first-order chi connectivity index (χ1) is 7.27. The third-order valence-corrected chi connectivity index (χ3v) is 1.91. The van der Waals surface area contributed by atoms with E-state index in [4.69, 9.17) is 4.74 Å². The van der Waals surface area contributed by atoms with Crippen molar-refractivity contribution >= 4 is 5.97 Å². The highest BCUT2D eigenvalue weighted by Crippen LogP contribution is 2.09. The van der Waals surface area contributed by atoms with E-state index in [1.165, 1.54) is 0 Å². The van der Waals surface area contributed by atoms with Crippen LogP contribution >= 0.6 is 0 Å². The van der Waals surface area contributed by atoms with Crippen molar-refractivity contribution < 1.29 is 13.9 Å². The fourth-order valence-corrected chi connectivity index (χ4v) is 1.19. The standard InChI is InChI=1S/C12H13FO2/c1-2-15-12(14)11(9-13)8-10-6-4-3-5-7-10/h3-7,9H,2,8H2,1H3. The second kappa shape index (κ2) is 5.96. The lowest BCUT2D eigenvalue weighted by Crippen LogP contribution is -2.09. The quantitative estimate of drug-likeness (QED) is 0.561. The first-order valence-corrected chi connectivity index (χ1v) is 4.78. The maximum absolute atomic E-state index is 12.5. The normalized spacial score (nSPS) is 11.2. The van der Waals surface area contributed by atoms with Gasteiger partial charge in [0.1, 0.15) is 0 Å². The second-order valence-corrected chi connectivity index (χ2v) is 3.02. The van der Waals surface area contributed by atoms with Gasteiger partial charge in [0.05, 0.1) is 18.5 Å². The Hall–Kier alpha value is -1.64. The fourth-order valence-electron chi connectivity index (χ4n) is 1.19. The minimum Gasteiger partial charge on any atom is -0.463 e. The van der Waals surface area contributed by atoms with E-state index in [0.29, 0.717) is 6.33 Å². The van der Waals surface area contributed by atoms with Gasteiger partial charge in [0.15, 0.2) is 0 Å². The molecule has 0 bridgehead atoms. The number of hydrogen-bond acceptors (Lipinski definition) is 2. The third kappa shape index (κ3) is 3.54. The van der Waals surface area contributed by atoms with Crippen LogP contribution in [0.25, 0.3) is 0 Å². The van der Waals surface area contributed by atoms with Gasteiger partial charge in [-0.2, -0.15) is 0 Å². The van der Waals surface area contributed by atoms with Gasteiger partial charge in [0.2, 0.25) is 0 Å². The van der Waals surface area contributed by atoms with Gasteiger partial charge in [0, 0.05) is 6.42 Å². The molecule has 0 atom stereocenters. The van der Waals surface area contributed by atoms with Crippen LogP contribution in [0, 0.1) is 0 Å². The third-order valence-electron chi connectivity index (χ3n) is 1.91. The summed E-state index contributed by atoms with van der Waals surface area (Å²) < 4.78 is 17.2. The maximum atomic E-state index is 12.5. The minimum atomic E-state index is -0.594. The highest BCUT2D eigenvalue weighted by Gasteiger charge is 2.11. The van der Waals surface area contributed by atoms with Crippen LogP contribution in [-0.2, 0) is 16.0 Å². The zero-order valence-corrected chi connectivity index (χ0v) is 8.57. The number of hydrogen-bond donors (Lipinski definition) is 0. The Bertz CT molecular complexity index is 344. The average molecular weight is 208 g/mol. The summed E-state index contributed by atoms with van der Waals surface area (Å²) in [5.41, 5.74) is 0.928. The predicted molar refractivity (Wildman–Crippen MR) is 56.0 cm³/mol. The van der Waals surface area contributed by atoms with Crippen LogP contribution in [0.15, 0.2) is 42.2 Å². The molecule has 0 aliphatic heterocycles. The van der Waals surface area contributed by atoms with E-state index in [2.05, 4.69) is 0 Å². The van der Waals surface area contributed by atoms with Crippen LogP contribution in [0.4, 0.5) is 4.39 Å². The summed E-state index contributed by atoms with van der Waals surface area (Å²) in [5.74, 6) is -0.594. The SMILES string of the molecule is CCOC(=O)C(=CF)Cc1ccccc1. The number of halogens is 1. The van der Waals surface area contributed by atoms with E-state index in [9.17, 15) is 9.18 Å². The van der Waals surface area contributed by atoms with Crippen LogP contribution in [0.3, 0.4) is 0 Å². The van der Waals surface area contributed by atoms with Crippen molar-refractivity contribution in [2.75, 3.05) is 6.61 Å². The molecule has 1 aromatic carbocycles. The Morgan fingerprint density at radius 2 is 2.07 bits per heavy atom. The molecular formula is C12H13FO2. The zero-order chi connectivity index (χ0) is 11.1. The molecule has 1 aromatic rings. The largest absolute Gasteiger partial charge is 0.463 e. The molecule has 0 unspecified atom stereocenters. The van der Waals surface area contributed by atoms with E-state index in [0.717, 1.165) is 5.56 Å². The number of esters is 1. The Morgan fingerprint density at radius 1 is 1.40 bits per heavy atom. The first-order valence-electron chi connectivity index (χ1n) is 4.78. The van der Waals surface area contributed by atoms with Crippen molar-refractivity contribution in [3.63, 3.8) is 0 Å². The van der Waals surface area contributed by atoms with Crippen molar-refractivity contribution in [2.24, 2.45) is 0 Å². The van der Waals surface area contributed by atoms with Crippen LogP contribution in [-0.4, -0.2) is 12.6 Å². The average Bonchev–Trinajstić information content (AvgIpc) is 2.27. The molecule has 0 N–H and O–H groups in total. The molecule has 0 aliphatic rings. The van der Waals surface area contributed by atoms with Gasteiger partial charge in [-0.1, -0.05) is 30.3 Å². The van der Waals surface area contributed by atoms with Crippen molar-refractivity contribution in [3.8, 4) is 0 Å². The predicted octanol–water partition coefficient (Wildman–Crippen LogP) is 2.65. The molecule has 0 spiro atoms. The Kier molecular flexibility index (Phi) is 4.54. The second-order valence-electron chi connectivity index (χ2n) is 3.02. The lowest BCUT2D eigenvalue weighted by atomic mass is 10.1. The lowest BCUT2D eigenvalue weighted by Gasteiger charge is -2.04. The van der Waals surface area contributed by atoms with E-state index in [-0.39, 0.29) is 18.6 Å².